The van der Waals surface area contributed by atoms with Crippen LogP contribution >= 0.6 is 0 Å². The number of amides is 2. The van der Waals surface area contributed by atoms with Gasteiger partial charge >= 0.3 is 0 Å². The monoisotopic (exact) mass is 304 g/mol. The van der Waals surface area contributed by atoms with Crippen LogP contribution in [0.1, 0.15) is 35.7 Å². The fraction of sp³-hybridized carbons (Fsp3) is 0.529. The number of nitrogens with one attached hydrogen (secondary N) is 1. The Balaban J connectivity index is 1.81. The lowest BCUT2D eigenvalue weighted by Crippen LogP contribution is -2.41. The topological polar surface area (TPSA) is 58.6 Å². The van der Waals surface area contributed by atoms with Gasteiger partial charge in [0, 0.05) is 38.7 Å². The Kier molecular flexibility index (Phi) is 5.95. The smallest absolute Gasteiger partial charge is 0.251 e. The Hall–Kier alpha value is -1.88. The second-order valence-corrected chi connectivity index (χ2v) is 5.67. The summed E-state index contributed by atoms with van der Waals surface area (Å²) in [6.07, 6.45) is 2.19. The number of carbonyl (C=O) groups is 2. The second-order valence-electron chi connectivity index (χ2n) is 5.67. The molecule has 1 atom stereocenters. The van der Waals surface area contributed by atoms with Gasteiger partial charge in [0.2, 0.25) is 5.91 Å². The molecule has 120 valence electrons. The van der Waals surface area contributed by atoms with Crippen LogP contribution in [0.3, 0.4) is 0 Å². The third-order valence-corrected chi connectivity index (χ3v) is 3.95. The van der Waals surface area contributed by atoms with Crippen molar-refractivity contribution in [3.8, 4) is 0 Å². The van der Waals surface area contributed by atoms with Crippen LogP contribution in [-0.2, 0) is 9.53 Å². The maximum atomic E-state index is 12.1. The van der Waals surface area contributed by atoms with E-state index in [1.807, 2.05) is 25.1 Å². The average Bonchev–Trinajstić information content (AvgIpc) is 2.99. The lowest BCUT2D eigenvalue weighted by atomic mass is 10.1. The van der Waals surface area contributed by atoms with E-state index in [0.717, 1.165) is 25.0 Å². The van der Waals surface area contributed by atoms with Crippen molar-refractivity contribution in [3.05, 3.63) is 35.4 Å². The van der Waals surface area contributed by atoms with Gasteiger partial charge in [-0.1, -0.05) is 18.2 Å². The molecule has 0 saturated carbocycles. The van der Waals surface area contributed by atoms with E-state index in [1.54, 1.807) is 17.9 Å². The first-order chi connectivity index (χ1) is 10.6. The Bertz CT molecular complexity index is 524. The molecule has 0 aromatic heterocycles. The maximum absolute atomic E-state index is 12.1. The molecule has 0 radical (unpaired) electrons. The van der Waals surface area contributed by atoms with E-state index in [2.05, 4.69) is 5.32 Å². The highest BCUT2D eigenvalue weighted by molar-refractivity contribution is 5.95. The van der Waals surface area contributed by atoms with Gasteiger partial charge in [-0.3, -0.25) is 9.59 Å². The molecule has 1 aliphatic heterocycles. The molecule has 1 unspecified atom stereocenters. The van der Waals surface area contributed by atoms with E-state index in [0.29, 0.717) is 25.2 Å². The molecule has 2 rings (SSSR count). The standard InChI is InChI=1S/C17H24N2O3/c1-13-6-3-4-8-16(13)17(21)18-9-10-19(14(2)20)12-15-7-5-11-22-15/h3-4,6,8,15H,5,7,9-12H2,1-2H3,(H,18,21). The van der Waals surface area contributed by atoms with E-state index in [-0.39, 0.29) is 17.9 Å². The molecule has 5 heteroatoms. The molecule has 2 amide bonds. The summed E-state index contributed by atoms with van der Waals surface area (Å²) in [6.45, 7) is 5.80. The van der Waals surface area contributed by atoms with E-state index in [4.69, 9.17) is 4.74 Å². The molecule has 1 N–H and O–H groups in total. The first-order valence-electron chi connectivity index (χ1n) is 7.79. The number of benzene rings is 1. The maximum Gasteiger partial charge on any atom is 0.251 e. The summed E-state index contributed by atoms with van der Waals surface area (Å²) in [5.41, 5.74) is 1.62. The zero-order chi connectivity index (χ0) is 15.9. The molecule has 1 aliphatic rings. The van der Waals surface area contributed by atoms with Gasteiger partial charge in [-0.05, 0) is 31.4 Å². The van der Waals surface area contributed by atoms with Crippen molar-refractivity contribution in [1.82, 2.24) is 10.2 Å². The molecule has 1 fully saturated rings. The zero-order valence-corrected chi connectivity index (χ0v) is 13.3. The molecular weight excluding hydrogens is 280 g/mol. The van der Waals surface area contributed by atoms with Crippen molar-refractivity contribution in [2.24, 2.45) is 0 Å². The first kappa shape index (κ1) is 16.5. The lowest BCUT2D eigenvalue weighted by molar-refractivity contribution is -0.130. The molecule has 1 aromatic rings. The van der Waals surface area contributed by atoms with E-state index < -0.39 is 0 Å². The van der Waals surface area contributed by atoms with Gasteiger partial charge in [0.25, 0.3) is 5.91 Å². The van der Waals surface area contributed by atoms with Crippen LogP contribution in [0.2, 0.25) is 0 Å². The van der Waals surface area contributed by atoms with Crippen LogP contribution in [0.15, 0.2) is 24.3 Å². The Morgan fingerprint density at radius 1 is 1.36 bits per heavy atom. The minimum absolute atomic E-state index is 0.0145. The van der Waals surface area contributed by atoms with Crippen LogP contribution in [0.25, 0.3) is 0 Å². The van der Waals surface area contributed by atoms with Crippen molar-refractivity contribution < 1.29 is 14.3 Å². The summed E-state index contributed by atoms with van der Waals surface area (Å²) in [4.78, 5) is 25.6. The van der Waals surface area contributed by atoms with Crippen molar-refractivity contribution >= 4 is 11.8 Å². The van der Waals surface area contributed by atoms with Crippen LogP contribution < -0.4 is 5.32 Å². The molecule has 22 heavy (non-hydrogen) atoms. The molecule has 1 saturated heterocycles. The van der Waals surface area contributed by atoms with Gasteiger partial charge in [-0.2, -0.15) is 0 Å². The number of hydrogen-bond acceptors (Lipinski definition) is 3. The van der Waals surface area contributed by atoms with Gasteiger partial charge < -0.3 is 15.0 Å². The van der Waals surface area contributed by atoms with Crippen LogP contribution in [0, 0.1) is 6.92 Å². The fourth-order valence-corrected chi connectivity index (χ4v) is 2.64. The quantitative estimate of drug-likeness (QED) is 0.871. The molecule has 1 heterocycles. The van der Waals surface area contributed by atoms with Crippen molar-refractivity contribution in [2.45, 2.75) is 32.8 Å². The molecule has 0 bridgehead atoms. The van der Waals surface area contributed by atoms with Crippen molar-refractivity contribution in [2.75, 3.05) is 26.2 Å². The highest BCUT2D eigenvalue weighted by Gasteiger charge is 2.20. The first-order valence-corrected chi connectivity index (χ1v) is 7.79. The number of hydrogen-bond donors (Lipinski definition) is 1. The predicted molar refractivity (Wildman–Crippen MR) is 84.7 cm³/mol. The highest BCUT2D eigenvalue weighted by atomic mass is 16.5. The van der Waals surface area contributed by atoms with E-state index in [9.17, 15) is 9.59 Å². The SMILES string of the molecule is CC(=O)N(CCNC(=O)c1ccccc1C)CC1CCCO1. The second kappa shape index (κ2) is 7.94. The van der Waals surface area contributed by atoms with Crippen LogP contribution in [-0.4, -0.2) is 49.1 Å². The largest absolute Gasteiger partial charge is 0.376 e. The van der Waals surface area contributed by atoms with Gasteiger partial charge in [0.05, 0.1) is 6.10 Å². The summed E-state index contributed by atoms with van der Waals surface area (Å²) < 4.78 is 5.56. The predicted octanol–water partition coefficient (Wildman–Crippen LogP) is 1.75. The van der Waals surface area contributed by atoms with Gasteiger partial charge in [-0.25, -0.2) is 0 Å². The Labute approximate surface area is 131 Å². The van der Waals surface area contributed by atoms with Crippen molar-refractivity contribution in [1.29, 1.82) is 0 Å². The number of ether oxygens (including phenoxy) is 1. The summed E-state index contributed by atoms with van der Waals surface area (Å²) in [5.74, 6) is -0.0839. The number of carbonyl (C=O) groups excluding carboxylic acids is 2. The fourth-order valence-electron chi connectivity index (χ4n) is 2.64. The average molecular weight is 304 g/mol. The number of rotatable bonds is 6. The minimum Gasteiger partial charge on any atom is -0.376 e. The molecule has 0 spiro atoms. The third-order valence-electron chi connectivity index (χ3n) is 3.95. The Morgan fingerprint density at radius 3 is 2.77 bits per heavy atom. The van der Waals surface area contributed by atoms with E-state index in [1.165, 1.54) is 0 Å². The number of nitrogens with zero attached hydrogens (tertiary/aromatic N) is 1. The van der Waals surface area contributed by atoms with Crippen LogP contribution in [0.4, 0.5) is 0 Å². The summed E-state index contributed by atoms with van der Waals surface area (Å²) in [7, 11) is 0. The molecular formula is C17H24N2O3. The summed E-state index contributed by atoms with van der Waals surface area (Å²) in [6, 6.07) is 7.47. The minimum atomic E-state index is -0.0984. The highest BCUT2D eigenvalue weighted by Crippen LogP contribution is 2.13. The Morgan fingerprint density at radius 2 is 2.14 bits per heavy atom. The van der Waals surface area contributed by atoms with Gasteiger partial charge in [-0.15, -0.1) is 0 Å². The summed E-state index contributed by atoms with van der Waals surface area (Å²) >= 11 is 0. The summed E-state index contributed by atoms with van der Waals surface area (Å²) in [5, 5.41) is 2.88. The number of aryl methyl sites for hydroxylation is 1. The normalized spacial score (nSPS) is 17.3. The molecule has 5 nitrogen and oxygen atoms in total. The lowest BCUT2D eigenvalue weighted by Gasteiger charge is -2.24. The molecule has 1 aromatic carbocycles. The van der Waals surface area contributed by atoms with Crippen LogP contribution in [0.5, 0.6) is 0 Å². The molecule has 0 aliphatic carbocycles. The van der Waals surface area contributed by atoms with E-state index >= 15 is 0 Å². The van der Waals surface area contributed by atoms with Crippen molar-refractivity contribution in [3.63, 3.8) is 0 Å². The zero-order valence-electron chi connectivity index (χ0n) is 13.3. The van der Waals surface area contributed by atoms with Gasteiger partial charge in [0.15, 0.2) is 0 Å². The third kappa shape index (κ3) is 4.56. The van der Waals surface area contributed by atoms with Gasteiger partial charge in [0.1, 0.15) is 0 Å².